The summed E-state index contributed by atoms with van der Waals surface area (Å²) in [4.78, 5) is 45.1. The first-order valence-corrected chi connectivity index (χ1v) is 26.0. The van der Waals surface area contributed by atoms with Gasteiger partial charge in [0.25, 0.3) is 0 Å². The van der Waals surface area contributed by atoms with Crippen LogP contribution in [0.4, 0.5) is 10.5 Å². The van der Waals surface area contributed by atoms with Crippen molar-refractivity contribution in [2.75, 3.05) is 58.3 Å². The lowest BCUT2D eigenvalue weighted by Gasteiger charge is -2.39. The second kappa shape index (κ2) is 21.3. The highest BCUT2D eigenvalue weighted by molar-refractivity contribution is 6.74. The van der Waals surface area contributed by atoms with Gasteiger partial charge in [-0.1, -0.05) is 99.6 Å². The number of benzene rings is 4. The maximum absolute atomic E-state index is 13.0. The van der Waals surface area contributed by atoms with Crippen molar-refractivity contribution in [1.29, 1.82) is 0 Å². The normalized spacial score (nSPS) is 18.1. The molecule has 1 saturated carbocycles. The first kappa shape index (κ1) is 47.6. The molecule has 7 rings (SSSR count). The molecule has 2 fully saturated rings. The first-order valence-electron chi connectivity index (χ1n) is 23.1. The summed E-state index contributed by atoms with van der Waals surface area (Å²) in [6.07, 6.45) is 2.07. The molecule has 4 aromatic carbocycles. The lowest BCUT2D eigenvalue weighted by atomic mass is 10.0. The largest absolute Gasteiger partial charge is 0.506 e. The Kier molecular flexibility index (Phi) is 15.6. The number of aromatic nitrogens is 1. The molecular formula is C52H67N5O7Si. The quantitative estimate of drug-likeness (QED) is 0.0471. The van der Waals surface area contributed by atoms with Crippen molar-refractivity contribution in [2.24, 2.45) is 11.8 Å². The minimum Gasteiger partial charge on any atom is -0.506 e. The van der Waals surface area contributed by atoms with Crippen LogP contribution in [0.5, 0.6) is 5.75 Å². The molecule has 0 radical (unpaired) electrons. The highest BCUT2D eigenvalue weighted by atomic mass is 28.4. The molecule has 4 N–H and O–H groups in total. The van der Waals surface area contributed by atoms with Gasteiger partial charge in [-0.2, -0.15) is 0 Å². The first-order chi connectivity index (χ1) is 31.1. The van der Waals surface area contributed by atoms with Crippen molar-refractivity contribution in [2.45, 2.75) is 83.3 Å². The lowest BCUT2D eigenvalue weighted by Crippen LogP contribution is -2.44. The van der Waals surface area contributed by atoms with E-state index in [-0.39, 0.29) is 34.5 Å². The number of pyridine rings is 1. The number of nitrogens with one attached hydrogen (secondary N) is 3. The number of phenols is 1. The third-order valence-electron chi connectivity index (χ3n) is 13.6. The number of carbonyl (C=O) groups is 2. The van der Waals surface area contributed by atoms with Gasteiger partial charge in [0.15, 0.2) is 8.32 Å². The monoisotopic (exact) mass is 901 g/mol. The molecule has 3 atom stereocenters. The SMILES string of the molecule is CN(CCNC[C@H](O[Si](C)(C)C(C)(C)C)c1ccc(O)c2[nH]c(=O)ccc12)C(=O)CCOCCc1cccc(CN2CC3CC(OC(=O)Nc4ccccc4-c4ccccc4)CC3C2)c1. The van der Waals surface area contributed by atoms with Crippen molar-refractivity contribution in [1.82, 2.24) is 20.1 Å². The fourth-order valence-electron chi connectivity index (χ4n) is 9.00. The molecule has 2 unspecified atom stereocenters. The van der Waals surface area contributed by atoms with E-state index in [1.54, 1.807) is 17.0 Å². The Hall–Kier alpha value is -5.31. The van der Waals surface area contributed by atoms with E-state index in [2.05, 4.69) is 78.6 Å². The van der Waals surface area contributed by atoms with Crippen LogP contribution in [-0.2, 0) is 31.7 Å². The van der Waals surface area contributed by atoms with Gasteiger partial charge in [0, 0.05) is 63.3 Å². The number of H-pyrrole nitrogens is 1. The number of aromatic amines is 1. The highest BCUT2D eigenvalue weighted by Crippen LogP contribution is 2.42. The van der Waals surface area contributed by atoms with Crippen LogP contribution in [0.15, 0.2) is 108 Å². The van der Waals surface area contributed by atoms with Crippen molar-refractivity contribution in [3.8, 4) is 16.9 Å². The molecule has 12 nitrogen and oxygen atoms in total. The fourth-order valence-corrected chi connectivity index (χ4v) is 10.3. The number of aromatic hydroxyl groups is 1. The van der Waals surface area contributed by atoms with E-state index in [0.29, 0.717) is 56.6 Å². The Morgan fingerprint density at radius 1 is 0.908 bits per heavy atom. The number of ether oxygens (including phenoxy) is 2. The summed E-state index contributed by atoms with van der Waals surface area (Å²) < 4.78 is 18.8. The minimum atomic E-state index is -2.21. The predicted molar refractivity (Wildman–Crippen MR) is 261 cm³/mol. The van der Waals surface area contributed by atoms with Gasteiger partial charge < -0.3 is 34.2 Å². The number of likely N-dealkylation sites (tertiary alicyclic amines) is 1. The Bertz CT molecular complexity index is 2440. The van der Waals surface area contributed by atoms with Gasteiger partial charge in [-0.3, -0.25) is 19.8 Å². The molecule has 13 heteroatoms. The number of amides is 2. The van der Waals surface area contributed by atoms with Crippen LogP contribution in [0.2, 0.25) is 18.1 Å². The van der Waals surface area contributed by atoms with E-state index < -0.39 is 14.4 Å². The molecule has 0 spiro atoms. The van der Waals surface area contributed by atoms with Crippen LogP contribution in [0.25, 0.3) is 22.0 Å². The van der Waals surface area contributed by atoms with Crippen LogP contribution >= 0.6 is 0 Å². The Morgan fingerprint density at radius 2 is 1.63 bits per heavy atom. The molecule has 65 heavy (non-hydrogen) atoms. The average molecular weight is 902 g/mol. The maximum Gasteiger partial charge on any atom is 0.411 e. The number of phenolic OH excluding ortho intramolecular Hbond substituents is 1. The summed E-state index contributed by atoms with van der Waals surface area (Å²) in [6, 6.07) is 33.2. The average Bonchev–Trinajstić information content (AvgIpc) is 3.82. The number of fused-ring (bicyclic) bond motifs is 2. The van der Waals surface area contributed by atoms with E-state index in [1.165, 1.54) is 17.2 Å². The molecule has 1 saturated heterocycles. The third-order valence-corrected chi connectivity index (χ3v) is 18.1. The summed E-state index contributed by atoms with van der Waals surface area (Å²) in [5.74, 6) is 1.08. The fraction of sp³-hybridized carbons (Fsp3) is 0.442. The van der Waals surface area contributed by atoms with E-state index in [1.807, 2.05) is 67.7 Å². The number of likely N-dealkylation sites (N-methyl/N-ethyl adjacent to an activating group) is 1. The van der Waals surface area contributed by atoms with Gasteiger partial charge >= 0.3 is 6.09 Å². The molecule has 1 aliphatic carbocycles. The summed E-state index contributed by atoms with van der Waals surface area (Å²) in [5, 5.41) is 17.7. The van der Waals surface area contributed by atoms with Gasteiger partial charge in [-0.05, 0) is 89.7 Å². The molecular weight excluding hydrogens is 835 g/mol. The molecule has 1 aromatic heterocycles. The second-order valence-corrected chi connectivity index (χ2v) is 24.1. The van der Waals surface area contributed by atoms with Crippen LogP contribution in [0, 0.1) is 11.8 Å². The minimum absolute atomic E-state index is 0.0176. The van der Waals surface area contributed by atoms with Crippen molar-refractivity contribution in [3.63, 3.8) is 0 Å². The van der Waals surface area contributed by atoms with E-state index in [9.17, 15) is 19.5 Å². The maximum atomic E-state index is 13.0. The van der Waals surface area contributed by atoms with E-state index in [0.717, 1.165) is 66.7 Å². The topological polar surface area (TPSA) is 145 Å². The molecule has 1 aliphatic heterocycles. The zero-order chi connectivity index (χ0) is 46.1. The number of rotatable bonds is 19. The van der Waals surface area contributed by atoms with Crippen LogP contribution in [0.1, 0.15) is 62.8 Å². The Balaban J connectivity index is 0.793. The van der Waals surface area contributed by atoms with Crippen molar-refractivity contribution < 1.29 is 28.6 Å². The number of nitrogens with zero attached hydrogens (tertiary/aromatic N) is 2. The number of hydrogen-bond donors (Lipinski definition) is 4. The third kappa shape index (κ3) is 12.5. The van der Waals surface area contributed by atoms with Crippen LogP contribution < -0.4 is 16.2 Å². The Morgan fingerprint density at radius 3 is 2.38 bits per heavy atom. The number of anilines is 1. The van der Waals surface area contributed by atoms with E-state index >= 15 is 0 Å². The van der Waals surface area contributed by atoms with Gasteiger partial charge in [0.2, 0.25) is 11.5 Å². The van der Waals surface area contributed by atoms with Gasteiger partial charge in [-0.25, -0.2) is 4.79 Å². The van der Waals surface area contributed by atoms with Crippen molar-refractivity contribution in [3.05, 3.63) is 130 Å². The molecule has 346 valence electrons. The van der Waals surface area contributed by atoms with Gasteiger partial charge in [0.1, 0.15) is 11.9 Å². The summed E-state index contributed by atoms with van der Waals surface area (Å²) in [6.45, 7) is 16.4. The molecule has 2 heterocycles. The Labute approximate surface area is 384 Å². The molecule has 0 bridgehead atoms. The predicted octanol–water partition coefficient (Wildman–Crippen LogP) is 9.12. The van der Waals surface area contributed by atoms with Crippen LogP contribution in [0.3, 0.4) is 0 Å². The smallest absolute Gasteiger partial charge is 0.411 e. The van der Waals surface area contributed by atoms with Gasteiger partial charge in [0.05, 0.1) is 36.9 Å². The molecule has 2 amide bonds. The number of hydrogen-bond acceptors (Lipinski definition) is 9. The lowest BCUT2D eigenvalue weighted by molar-refractivity contribution is -0.131. The zero-order valence-corrected chi connectivity index (χ0v) is 39.9. The number of para-hydroxylation sites is 1. The van der Waals surface area contributed by atoms with Crippen molar-refractivity contribution >= 4 is 36.9 Å². The standard InChI is InChI=1S/C52H67N5O7Si/c1-52(2,3)65(5,6)64-47(43-19-21-46(58)50-44(43)20-22-48(59)55-50)32-53-25-26-56(4)49(60)24-28-62-27-23-36-13-12-14-37(29-36)33-57-34-39-30-41(31-40(39)35-57)63-51(61)54-45-18-11-10-17-42(45)38-15-8-7-9-16-38/h7-22,29,39-41,47,53,58H,23-28,30-35H2,1-6H3,(H,54,61)(H,55,59)/t39?,40?,41?,47-/m0/s1. The summed E-state index contributed by atoms with van der Waals surface area (Å²) in [5.41, 5.74) is 6.27. The van der Waals surface area contributed by atoms with Gasteiger partial charge in [-0.15, -0.1) is 0 Å². The summed E-state index contributed by atoms with van der Waals surface area (Å²) in [7, 11) is -0.396. The molecule has 5 aromatic rings. The summed E-state index contributed by atoms with van der Waals surface area (Å²) >= 11 is 0. The van der Waals surface area contributed by atoms with E-state index in [4.69, 9.17) is 13.9 Å². The second-order valence-electron chi connectivity index (χ2n) is 19.4. The number of carbonyl (C=O) groups excluding carboxylic acids is 2. The van der Waals surface area contributed by atoms with Crippen LogP contribution in [-0.4, -0.2) is 99.3 Å². The zero-order valence-electron chi connectivity index (χ0n) is 38.9. The molecule has 2 aliphatic rings. The highest BCUT2D eigenvalue weighted by Gasteiger charge is 2.42.